The minimum atomic E-state index is 0.0571. The van der Waals surface area contributed by atoms with Crippen molar-refractivity contribution in [1.82, 2.24) is 15.6 Å². The highest BCUT2D eigenvalue weighted by molar-refractivity contribution is 7.09. The second-order valence-corrected chi connectivity index (χ2v) is 7.88. The molecule has 4 nitrogen and oxygen atoms in total. The third-order valence-electron chi connectivity index (χ3n) is 4.25. The van der Waals surface area contributed by atoms with E-state index in [0.717, 1.165) is 44.0 Å². The predicted octanol–water partition coefficient (Wildman–Crippen LogP) is 3.92. The molecule has 136 valence electrons. The molecule has 1 aromatic heterocycles. The molecule has 0 radical (unpaired) electrons. The first-order valence-electron chi connectivity index (χ1n) is 8.92. The van der Waals surface area contributed by atoms with E-state index >= 15 is 0 Å². The Morgan fingerprint density at radius 1 is 1.16 bits per heavy atom. The lowest BCUT2D eigenvalue weighted by atomic mass is 9.85. The van der Waals surface area contributed by atoms with Gasteiger partial charge < -0.3 is 10.6 Å². The molecule has 0 saturated heterocycles. The van der Waals surface area contributed by atoms with Crippen LogP contribution in [-0.2, 0) is 11.8 Å². The van der Waals surface area contributed by atoms with E-state index in [1.165, 1.54) is 10.6 Å². The lowest BCUT2D eigenvalue weighted by Gasteiger charge is -2.26. The van der Waals surface area contributed by atoms with Crippen molar-refractivity contribution in [2.24, 2.45) is 4.99 Å². The molecule has 0 amide bonds. The van der Waals surface area contributed by atoms with Gasteiger partial charge in [-0.05, 0) is 31.7 Å². The Labute approximate surface area is 155 Å². The maximum Gasteiger partial charge on any atom is 0.191 e. The van der Waals surface area contributed by atoms with Crippen LogP contribution in [0.15, 0.2) is 40.7 Å². The van der Waals surface area contributed by atoms with Crippen LogP contribution in [0.3, 0.4) is 0 Å². The summed E-state index contributed by atoms with van der Waals surface area (Å²) in [5, 5.41) is 10.2. The number of hydrogen-bond acceptors (Lipinski definition) is 3. The van der Waals surface area contributed by atoms with Crippen LogP contribution >= 0.6 is 11.3 Å². The molecule has 25 heavy (non-hydrogen) atoms. The van der Waals surface area contributed by atoms with Crippen molar-refractivity contribution < 1.29 is 0 Å². The van der Waals surface area contributed by atoms with E-state index in [1.54, 1.807) is 11.3 Å². The van der Waals surface area contributed by atoms with E-state index in [0.29, 0.717) is 0 Å². The monoisotopic (exact) mass is 358 g/mol. The van der Waals surface area contributed by atoms with Gasteiger partial charge in [-0.2, -0.15) is 0 Å². The summed E-state index contributed by atoms with van der Waals surface area (Å²) in [4.78, 5) is 8.83. The zero-order valence-electron chi connectivity index (χ0n) is 15.8. The molecule has 2 N–H and O–H groups in total. The Hall–Kier alpha value is -1.88. The highest BCUT2D eigenvalue weighted by Gasteiger charge is 2.20. The first-order valence-corrected chi connectivity index (χ1v) is 9.80. The molecule has 1 aromatic carbocycles. The van der Waals surface area contributed by atoms with Gasteiger partial charge in [0.05, 0.1) is 5.01 Å². The zero-order valence-corrected chi connectivity index (χ0v) is 16.6. The Morgan fingerprint density at radius 3 is 2.56 bits per heavy atom. The lowest BCUT2D eigenvalue weighted by molar-refractivity contribution is 0.508. The largest absolute Gasteiger partial charge is 0.356 e. The summed E-state index contributed by atoms with van der Waals surface area (Å²) in [6.07, 6.45) is 3.32. The average Bonchev–Trinajstić information content (AvgIpc) is 3.03. The second-order valence-electron chi connectivity index (χ2n) is 6.94. The third-order valence-corrected chi connectivity index (χ3v) is 5.28. The fourth-order valence-corrected chi connectivity index (χ4v) is 3.46. The van der Waals surface area contributed by atoms with Crippen LogP contribution in [0.25, 0.3) is 0 Å². The normalized spacial score (nSPS) is 12.2. The number of hydrogen-bond donors (Lipinski definition) is 2. The van der Waals surface area contributed by atoms with Crippen molar-refractivity contribution in [3.05, 3.63) is 52.0 Å². The highest BCUT2D eigenvalue weighted by atomic mass is 32.1. The molecule has 2 aromatic rings. The summed E-state index contributed by atoms with van der Waals surface area (Å²) in [5.41, 5.74) is 2.52. The molecule has 5 heteroatoms. The van der Waals surface area contributed by atoms with Crippen molar-refractivity contribution in [3.8, 4) is 0 Å². The number of aryl methyl sites for hydroxylation is 2. The summed E-state index contributed by atoms with van der Waals surface area (Å²) < 4.78 is 0. The number of aromatic nitrogens is 1. The van der Waals surface area contributed by atoms with E-state index in [1.807, 2.05) is 14.0 Å². The Morgan fingerprint density at radius 2 is 1.92 bits per heavy atom. The van der Waals surface area contributed by atoms with Crippen LogP contribution in [0.5, 0.6) is 0 Å². The summed E-state index contributed by atoms with van der Waals surface area (Å²) in [6.45, 7) is 8.32. The van der Waals surface area contributed by atoms with E-state index in [2.05, 4.69) is 70.2 Å². The van der Waals surface area contributed by atoms with Gasteiger partial charge in [0.25, 0.3) is 0 Å². The molecule has 1 heterocycles. The van der Waals surface area contributed by atoms with Crippen LogP contribution in [0.4, 0.5) is 0 Å². The van der Waals surface area contributed by atoms with Gasteiger partial charge in [-0.25, -0.2) is 4.98 Å². The molecule has 0 fully saturated rings. The number of nitrogens with one attached hydrogen (secondary N) is 2. The first-order chi connectivity index (χ1) is 12.0. The van der Waals surface area contributed by atoms with Crippen molar-refractivity contribution in [1.29, 1.82) is 0 Å². The standard InChI is InChI=1S/C20H30N4S/c1-16-14-25-18(24-16)12-8-9-13-22-19(21-4)23-15-20(2,3)17-10-6-5-7-11-17/h5-7,10-11,14H,8-9,12-13,15H2,1-4H3,(H2,21,22,23). The summed E-state index contributed by atoms with van der Waals surface area (Å²) >= 11 is 1.76. The maximum absolute atomic E-state index is 4.51. The molecule has 0 saturated carbocycles. The molecule has 2 rings (SSSR count). The number of thiazole rings is 1. The molecule has 0 aliphatic heterocycles. The van der Waals surface area contributed by atoms with Crippen LogP contribution < -0.4 is 10.6 Å². The molecule has 0 aliphatic carbocycles. The topological polar surface area (TPSA) is 49.3 Å². The van der Waals surface area contributed by atoms with Gasteiger partial charge >= 0.3 is 0 Å². The van der Waals surface area contributed by atoms with Gasteiger partial charge in [0.2, 0.25) is 0 Å². The molecule has 0 unspecified atom stereocenters. The van der Waals surface area contributed by atoms with Crippen molar-refractivity contribution in [2.45, 2.75) is 45.4 Å². The molecule has 0 aliphatic rings. The van der Waals surface area contributed by atoms with Crippen molar-refractivity contribution >= 4 is 17.3 Å². The smallest absolute Gasteiger partial charge is 0.191 e. The van der Waals surface area contributed by atoms with Crippen LogP contribution in [0.1, 0.15) is 43.0 Å². The predicted molar refractivity (Wildman–Crippen MR) is 109 cm³/mol. The van der Waals surface area contributed by atoms with Gasteiger partial charge in [-0.3, -0.25) is 4.99 Å². The highest BCUT2D eigenvalue weighted by Crippen LogP contribution is 2.21. The molecule has 0 atom stereocenters. The summed E-state index contributed by atoms with van der Waals surface area (Å²) in [5.74, 6) is 0.870. The van der Waals surface area contributed by atoms with E-state index in [-0.39, 0.29) is 5.41 Å². The molecule has 0 spiro atoms. The minimum Gasteiger partial charge on any atom is -0.356 e. The molecular formula is C20H30N4S. The van der Waals surface area contributed by atoms with Crippen molar-refractivity contribution in [3.63, 3.8) is 0 Å². The fraction of sp³-hybridized carbons (Fsp3) is 0.500. The van der Waals surface area contributed by atoms with Gasteiger partial charge in [0.1, 0.15) is 0 Å². The van der Waals surface area contributed by atoms with Gasteiger partial charge in [0, 0.05) is 36.6 Å². The first kappa shape index (κ1) is 19.4. The fourth-order valence-electron chi connectivity index (χ4n) is 2.64. The Balaban J connectivity index is 1.68. The lowest BCUT2D eigenvalue weighted by Crippen LogP contribution is -2.43. The molecule has 0 bridgehead atoms. The Bertz CT molecular complexity index is 661. The quantitative estimate of drug-likeness (QED) is 0.427. The number of guanidine groups is 1. The van der Waals surface area contributed by atoms with Crippen LogP contribution in [0, 0.1) is 6.92 Å². The van der Waals surface area contributed by atoms with E-state index in [4.69, 9.17) is 0 Å². The van der Waals surface area contributed by atoms with Crippen LogP contribution in [0.2, 0.25) is 0 Å². The van der Waals surface area contributed by atoms with E-state index < -0.39 is 0 Å². The maximum atomic E-state index is 4.51. The summed E-state index contributed by atoms with van der Waals surface area (Å²) in [6, 6.07) is 10.6. The number of aliphatic imine (C=N–C) groups is 1. The van der Waals surface area contributed by atoms with Gasteiger partial charge in [-0.1, -0.05) is 44.2 Å². The summed E-state index contributed by atoms with van der Waals surface area (Å²) in [7, 11) is 1.82. The van der Waals surface area contributed by atoms with Crippen LogP contribution in [-0.4, -0.2) is 31.1 Å². The minimum absolute atomic E-state index is 0.0571. The number of nitrogens with zero attached hydrogens (tertiary/aromatic N) is 2. The third kappa shape index (κ3) is 6.50. The SMILES string of the molecule is CN=C(NCCCCc1nc(C)cs1)NCC(C)(C)c1ccccc1. The average molecular weight is 359 g/mol. The number of unbranched alkanes of at least 4 members (excludes halogenated alkanes) is 1. The van der Waals surface area contributed by atoms with Gasteiger partial charge in [-0.15, -0.1) is 11.3 Å². The number of rotatable bonds is 8. The second kappa shape index (κ2) is 9.56. The zero-order chi connectivity index (χ0) is 18.1. The van der Waals surface area contributed by atoms with Crippen molar-refractivity contribution in [2.75, 3.05) is 20.1 Å². The number of benzene rings is 1. The Kier molecular flexibility index (Phi) is 7.44. The van der Waals surface area contributed by atoms with Gasteiger partial charge in [0.15, 0.2) is 5.96 Å². The van der Waals surface area contributed by atoms with E-state index in [9.17, 15) is 0 Å². The molecular weight excluding hydrogens is 328 g/mol.